The van der Waals surface area contributed by atoms with Crippen LogP contribution in [-0.4, -0.2) is 49.9 Å². The molecule has 0 aromatic carbocycles. The minimum atomic E-state index is -3.52. The quantitative estimate of drug-likeness (QED) is 0.742. The molecule has 1 aromatic heterocycles. The van der Waals surface area contributed by atoms with Gasteiger partial charge >= 0.3 is 5.97 Å². The molecular formula is C10H12BrNO4S3. The Balaban J connectivity index is 2.19. The summed E-state index contributed by atoms with van der Waals surface area (Å²) in [4.78, 5) is 11.5. The lowest BCUT2D eigenvalue weighted by Gasteiger charge is -2.29. The van der Waals surface area contributed by atoms with E-state index in [1.165, 1.54) is 34.5 Å². The molecule has 0 unspecified atom stereocenters. The molecule has 106 valence electrons. The molecule has 0 bridgehead atoms. The van der Waals surface area contributed by atoms with Crippen molar-refractivity contribution in [1.29, 1.82) is 0 Å². The van der Waals surface area contributed by atoms with Crippen molar-refractivity contribution in [2.24, 2.45) is 0 Å². The molecule has 2 rings (SSSR count). The third-order valence-electron chi connectivity index (χ3n) is 2.64. The van der Waals surface area contributed by atoms with E-state index in [0.29, 0.717) is 12.3 Å². The van der Waals surface area contributed by atoms with Crippen molar-refractivity contribution in [3.63, 3.8) is 0 Å². The molecule has 1 aromatic rings. The summed E-state index contributed by atoms with van der Waals surface area (Å²) in [7, 11) is -2.20. The van der Waals surface area contributed by atoms with Crippen LogP contribution in [0.15, 0.2) is 20.1 Å². The molecule has 0 aliphatic carbocycles. The predicted octanol–water partition coefficient (Wildman–Crippen LogP) is 1.79. The SMILES string of the molecule is COC(=O)[C@@H]1CN(S(=O)(=O)c2ccc(Br)s2)CCS1. The minimum absolute atomic E-state index is 0.162. The molecule has 19 heavy (non-hydrogen) atoms. The van der Waals surface area contributed by atoms with E-state index in [0.717, 1.165) is 3.79 Å². The summed E-state index contributed by atoms with van der Waals surface area (Å²) in [6.07, 6.45) is 0. The maximum atomic E-state index is 12.4. The van der Waals surface area contributed by atoms with E-state index in [2.05, 4.69) is 20.7 Å². The summed E-state index contributed by atoms with van der Waals surface area (Å²) in [6.45, 7) is 0.575. The van der Waals surface area contributed by atoms with Gasteiger partial charge in [0.2, 0.25) is 0 Å². The fourth-order valence-electron chi connectivity index (χ4n) is 1.68. The second kappa shape index (κ2) is 6.13. The van der Waals surface area contributed by atoms with Crippen LogP contribution in [0.3, 0.4) is 0 Å². The third kappa shape index (κ3) is 3.33. The van der Waals surface area contributed by atoms with E-state index in [-0.39, 0.29) is 16.7 Å². The zero-order valence-electron chi connectivity index (χ0n) is 10.0. The van der Waals surface area contributed by atoms with Crippen LogP contribution in [-0.2, 0) is 19.6 Å². The number of hydrogen-bond donors (Lipinski definition) is 0. The number of ether oxygens (including phenoxy) is 1. The second-order valence-corrected chi connectivity index (χ2v) is 9.74. The summed E-state index contributed by atoms with van der Waals surface area (Å²) in [5.74, 6) is 0.211. The molecule has 1 saturated heterocycles. The normalized spacial score (nSPS) is 21.3. The average Bonchev–Trinajstić information content (AvgIpc) is 2.85. The zero-order chi connectivity index (χ0) is 14.0. The fourth-order valence-corrected chi connectivity index (χ4v) is 6.64. The Morgan fingerprint density at radius 3 is 2.84 bits per heavy atom. The van der Waals surface area contributed by atoms with Crippen LogP contribution in [0.2, 0.25) is 0 Å². The van der Waals surface area contributed by atoms with Crippen molar-refractivity contribution in [3.8, 4) is 0 Å². The third-order valence-corrected chi connectivity index (χ3v) is 7.75. The predicted molar refractivity (Wildman–Crippen MR) is 79.0 cm³/mol. The van der Waals surface area contributed by atoms with Gasteiger partial charge in [0.1, 0.15) is 9.46 Å². The molecule has 0 saturated carbocycles. The highest BCUT2D eigenvalue weighted by Crippen LogP contribution is 2.31. The highest BCUT2D eigenvalue weighted by atomic mass is 79.9. The molecule has 1 aliphatic heterocycles. The van der Waals surface area contributed by atoms with Gasteiger partial charge in [0.25, 0.3) is 10.0 Å². The summed E-state index contributed by atoms with van der Waals surface area (Å²) >= 11 is 5.85. The van der Waals surface area contributed by atoms with Crippen molar-refractivity contribution < 1.29 is 17.9 Å². The molecule has 0 radical (unpaired) electrons. The van der Waals surface area contributed by atoms with E-state index in [1.54, 1.807) is 12.1 Å². The standard InChI is InChI=1S/C10H12BrNO4S3/c1-16-10(13)7-6-12(4-5-17-7)19(14,15)9-3-2-8(11)18-9/h2-3,7H,4-6H2,1H3/t7-/m0/s1. The molecule has 1 atom stereocenters. The molecule has 0 spiro atoms. The van der Waals surface area contributed by atoms with Crippen molar-refractivity contribution in [1.82, 2.24) is 4.31 Å². The van der Waals surface area contributed by atoms with Crippen molar-refractivity contribution in [3.05, 3.63) is 15.9 Å². The van der Waals surface area contributed by atoms with Gasteiger partial charge < -0.3 is 4.74 Å². The molecule has 0 N–H and O–H groups in total. The number of thioether (sulfide) groups is 1. The lowest BCUT2D eigenvalue weighted by molar-refractivity contribution is -0.140. The molecule has 5 nitrogen and oxygen atoms in total. The van der Waals surface area contributed by atoms with Crippen LogP contribution < -0.4 is 0 Å². The van der Waals surface area contributed by atoms with Crippen LogP contribution in [0.5, 0.6) is 0 Å². The van der Waals surface area contributed by atoms with Crippen molar-refractivity contribution in [2.45, 2.75) is 9.46 Å². The number of sulfonamides is 1. The van der Waals surface area contributed by atoms with Crippen molar-refractivity contribution in [2.75, 3.05) is 26.0 Å². The highest BCUT2D eigenvalue weighted by Gasteiger charge is 2.34. The Morgan fingerprint density at radius 1 is 1.53 bits per heavy atom. The number of thiophene rings is 1. The number of rotatable bonds is 3. The first kappa shape index (κ1) is 15.3. The van der Waals surface area contributed by atoms with Gasteiger partial charge in [-0.1, -0.05) is 0 Å². The van der Waals surface area contributed by atoms with Crippen LogP contribution in [0, 0.1) is 0 Å². The lowest BCUT2D eigenvalue weighted by Crippen LogP contribution is -2.44. The number of nitrogens with zero attached hydrogens (tertiary/aromatic N) is 1. The smallest absolute Gasteiger partial charge is 0.320 e. The summed E-state index contributed by atoms with van der Waals surface area (Å²) in [5.41, 5.74) is 0. The van der Waals surface area contributed by atoms with E-state index in [4.69, 9.17) is 0 Å². The molecule has 1 fully saturated rings. The minimum Gasteiger partial charge on any atom is -0.468 e. The van der Waals surface area contributed by atoms with Crippen LogP contribution in [0.4, 0.5) is 0 Å². The second-order valence-electron chi connectivity index (χ2n) is 3.80. The maximum absolute atomic E-state index is 12.4. The van der Waals surface area contributed by atoms with E-state index >= 15 is 0 Å². The monoisotopic (exact) mass is 385 g/mol. The average molecular weight is 386 g/mol. The largest absolute Gasteiger partial charge is 0.468 e. The summed E-state index contributed by atoms with van der Waals surface area (Å²) in [6, 6.07) is 3.27. The number of halogens is 1. The fraction of sp³-hybridized carbons (Fsp3) is 0.500. The first-order valence-corrected chi connectivity index (χ1v) is 9.50. The van der Waals surface area contributed by atoms with Crippen LogP contribution >= 0.6 is 39.0 Å². The van der Waals surface area contributed by atoms with Gasteiger partial charge in [0.15, 0.2) is 0 Å². The van der Waals surface area contributed by atoms with E-state index < -0.39 is 15.3 Å². The molecule has 9 heteroatoms. The maximum Gasteiger partial charge on any atom is 0.320 e. The van der Waals surface area contributed by atoms with E-state index in [1.807, 2.05) is 0 Å². The van der Waals surface area contributed by atoms with Crippen molar-refractivity contribution >= 4 is 55.0 Å². The number of carbonyl (C=O) groups excluding carboxylic acids is 1. The number of carbonyl (C=O) groups is 1. The Labute approximate surface area is 128 Å². The number of hydrogen-bond acceptors (Lipinski definition) is 6. The Kier molecular flexibility index (Phi) is 4.93. The number of esters is 1. The Morgan fingerprint density at radius 2 is 2.26 bits per heavy atom. The molecular weight excluding hydrogens is 374 g/mol. The molecule has 2 heterocycles. The Bertz CT molecular complexity index is 571. The van der Waals surface area contributed by atoms with Gasteiger partial charge in [0, 0.05) is 18.8 Å². The highest BCUT2D eigenvalue weighted by molar-refractivity contribution is 9.11. The van der Waals surface area contributed by atoms with Gasteiger partial charge in [-0.3, -0.25) is 4.79 Å². The zero-order valence-corrected chi connectivity index (χ0v) is 14.1. The molecule has 0 amide bonds. The first-order chi connectivity index (χ1) is 8.95. The van der Waals surface area contributed by atoms with Gasteiger partial charge in [0.05, 0.1) is 10.9 Å². The van der Waals surface area contributed by atoms with Gasteiger partial charge in [-0.2, -0.15) is 4.31 Å². The van der Waals surface area contributed by atoms with Gasteiger partial charge in [-0.05, 0) is 28.1 Å². The molecule has 1 aliphatic rings. The topological polar surface area (TPSA) is 63.7 Å². The van der Waals surface area contributed by atoms with Crippen LogP contribution in [0.1, 0.15) is 0 Å². The van der Waals surface area contributed by atoms with Gasteiger partial charge in [-0.15, -0.1) is 23.1 Å². The first-order valence-electron chi connectivity index (χ1n) is 5.40. The summed E-state index contributed by atoms with van der Waals surface area (Å²) < 4.78 is 31.9. The Hall–Kier alpha value is -0.0900. The van der Waals surface area contributed by atoms with Crippen LogP contribution in [0.25, 0.3) is 0 Å². The van der Waals surface area contributed by atoms with Gasteiger partial charge in [-0.25, -0.2) is 8.42 Å². The number of methoxy groups -OCH3 is 1. The summed E-state index contributed by atoms with van der Waals surface area (Å²) in [5, 5.41) is -0.447. The lowest BCUT2D eigenvalue weighted by atomic mass is 10.4. The van der Waals surface area contributed by atoms with E-state index in [9.17, 15) is 13.2 Å².